The standard InChI is InChI=1S/C19H17N3O6/c1-12-3-6-15(9-17(12)22(25)26)21-18(23)11-27-19(24)13(2)28-16-7-4-14(10-20)5-8-16/h3-9,13H,11H2,1-2H3,(H,21,23). The summed E-state index contributed by atoms with van der Waals surface area (Å²) in [7, 11) is 0. The SMILES string of the molecule is Cc1ccc(NC(=O)COC(=O)C(C)Oc2ccc(C#N)cc2)cc1[N+](=O)[O-]. The van der Waals surface area contributed by atoms with Crippen LogP contribution in [0.3, 0.4) is 0 Å². The Bertz CT molecular complexity index is 934. The van der Waals surface area contributed by atoms with Crippen LogP contribution in [0.5, 0.6) is 5.75 Å². The molecule has 0 saturated heterocycles. The highest BCUT2D eigenvalue weighted by Gasteiger charge is 2.18. The van der Waals surface area contributed by atoms with Gasteiger partial charge < -0.3 is 14.8 Å². The fourth-order valence-electron chi connectivity index (χ4n) is 2.20. The Balaban J connectivity index is 1.86. The third-order valence-corrected chi connectivity index (χ3v) is 3.66. The maximum Gasteiger partial charge on any atom is 0.347 e. The van der Waals surface area contributed by atoms with Crippen molar-refractivity contribution >= 4 is 23.3 Å². The van der Waals surface area contributed by atoms with Crippen LogP contribution in [0, 0.1) is 28.4 Å². The summed E-state index contributed by atoms with van der Waals surface area (Å²) in [5.74, 6) is -1.02. The Hall–Kier alpha value is -3.93. The average Bonchev–Trinajstić information content (AvgIpc) is 2.67. The Labute approximate surface area is 160 Å². The maximum absolute atomic E-state index is 11.9. The second-order valence-corrected chi connectivity index (χ2v) is 5.81. The predicted octanol–water partition coefficient (Wildman–Crippen LogP) is 2.72. The van der Waals surface area contributed by atoms with Crippen molar-refractivity contribution in [1.29, 1.82) is 5.26 Å². The summed E-state index contributed by atoms with van der Waals surface area (Å²) in [5, 5.41) is 22.1. The zero-order valence-electron chi connectivity index (χ0n) is 15.2. The zero-order valence-corrected chi connectivity index (χ0v) is 15.2. The van der Waals surface area contributed by atoms with Gasteiger partial charge in [-0.3, -0.25) is 14.9 Å². The number of amides is 1. The van der Waals surface area contributed by atoms with E-state index in [4.69, 9.17) is 14.7 Å². The van der Waals surface area contributed by atoms with Crippen molar-refractivity contribution in [2.45, 2.75) is 20.0 Å². The van der Waals surface area contributed by atoms with Crippen molar-refractivity contribution in [2.24, 2.45) is 0 Å². The van der Waals surface area contributed by atoms with Crippen molar-refractivity contribution in [3.8, 4) is 11.8 Å². The van der Waals surface area contributed by atoms with Crippen LogP contribution in [0.2, 0.25) is 0 Å². The second kappa shape index (κ2) is 9.14. The van der Waals surface area contributed by atoms with Gasteiger partial charge in [0.25, 0.3) is 11.6 Å². The van der Waals surface area contributed by atoms with E-state index in [1.165, 1.54) is 25.1 Å². The van der Waals surface area contributed by atoms with E-state index >= 15 is 0 Å². The highest BCUT2D eigenvalue weighted by Crippen LogP contribution is 2.22. The van der Waals surface area contributed by atoms with Crippen molar-refractivity contribution in [2.75, 3.05) is 11.9 Å². The van der Waals surface area contributed by atoms with Gasteiger partial charge in [0.1, 0.15) is 5.75 Å². The Kier molecular flexibility index (Phi) is 6.65. The fourth-order valence-corrected chi connectivity index (χ4v) is 2.20. The van der Waals surface area contributed by atoms with Gasteiger partial charge in [0, 0.05) is 17.3 Å². The third-order valence-electron chi connectivity index (χ3n) is 3.66. The molecular formula is C19H17N3O6. The molecule has 0 radical (unpaired) electrons. The number of hydrogen-bond acceptors (Lipinski definition) is 7. The zero-order chi connectivity index (χ0) is 20.7. The Morgan fingerprint density at radius 1 is 1.25 bits per heavy atom. The van der Waals surface area contributed by atoms with Crippen LogP contribution in [-0.2, 0) is 14.3 Å². The molecule has 1 unspecified atom stereocenters. The van der Waals surface area contributed by atoms with Gasteiger partial charge in [0.05, 0.1) is 16.6 Å². The average molecular weight is 383 g/mol. The number of carbonyl (C=O) groups excluding carboxylic acids is 2. The van der Waals surface area contributed by atoms with Crippen LogP contribution in [0.4, 0.5) is 11.4 Å². The maximum atomic E-state index is 11.9. The number of nitro benzene ring substituents is 1. The number of nitrogens with one attached hydrogen (secondary N) is 1. The minimum absolute atomic E-state index is 0.126. The molecule has 144 valence electrons. The monoisotopic (exact) mass is 383 g/mol. The molecule has 0 aliphatic carbocycles. The van der Waals surface area contributed by atoms with E-state index in [9.17, 15) is 19.7 Å². The molecule has 2 rings (SSSR count). The number of benzene rings is 2. The number of nitriles is 1. The van der Waals surface area contributed by atoms with Crippen LogP contribution in [-0.4, -0.2) is 29.5 Å². The summed E-state index contributed by atoms with van der Waals surface area (Å²) in [6.07, 6.45) is -0.971. The van der Waals surface area contributed by atoms with Gasteiger partial charge >= 0.3 is 5.97 Å². The molecule has 0 aliphatic rings. The third kappa shape index (κ3) is 5.54. The molecule has 0 saturated carbocycles. The number of nitro groups is 1. The van der Waals surface area contributed by atoms with Crippen LogP contribution in [0.15, 0.2) is 42.5 Å². The number of aryl methyl sites for hydroxylation is 1. The van der Waals surface area contributed by atoms with Gasteiger partial charge in [-0.25, -0.2) is 4.79 Å². The molecule has 0 aromatic heterocycles. The topological polar surface area (TPSA) is 132 Å². The van der Waals surface area contributed by atoms with Crippen molar-refractivity contribution in [3.05, 3.63) is 63.7 Å². The van der Waals surface area contributed by atoms with Gasteiger partial charge in [-0.05, 0) is 44.2 Å². The van der Waals surface area contributed by atoms with Crippen molar-refractivity contribution in [1.82, 2.24) is 0 Å². The smallest absolute Gasteiger partial charge is 0.347 e. The summed E-state index contributed by atoms with van der Waals surface area (Å²) in [6.45, 7) is 2.48. The van der Waals surface area contributed by atoms with Gasteiger partial charge in [-0.1, -0.05) is 6.07 Å². The number of ether oxygens (including phenoxy) is 2. The lowest BCUT2D eigenvalue weighted by Crippen LogP contribution is -2.29. The lowest BCUT2D eigenvalue weighted by atomic mass is 10.2. The molecule has 2 aromatic carbocycles. The molecular weight excluding hydrogens is 366 g/mol. The molecule has 0 spiro atoms. The number of carbonyl (C=O) groups is 2. The number of nitrogens with zero attached hydrogens (tertiary/aromatic N) is 2. The molecule has 9 nitrogen and oxygen atoms in total. The Morgan fingerprint density at radius 2 is 1.93 bits per heavy atom. The summed E-state index contributed by atoms with van der Waals surface area (Å²) in [5.41, 5.74) is 1.01. The number of rotatable bonds is 7. The molecule has 1 N–H and O–H groups in total. The molecule has 9 heteroatoms. The molecule has 1 atom stereocenters. The number of esters is 1. The summed E-state index contributed by atoms with van der Waals surface area (Å²) in [4.78, 5) is 34.2. The predicted molar refractivity (Wildman–Crippen MR) is 98.7 cm³/mol. The lowest BCUT2D eigenvalue weighted by molar-refractivity contribution is -0.385. The summed E-state index contributed by atoms with van der Waals surface area (Å²) in [6, 6.07) is 12.4. The normalized spacial score (nSPS) is 11.0. The first-order valence-electron chi connectivity index (χ1n) is 8.18. The lowest BCUT2D eigenvalue weighted by Gasteiger charge is -2.14. The van der Waals surface area contributed by atoms with E-state index in [1.807, 2.05) is 6.07 Å². The van der Waals surface area contributed by atoms with Crippen LogP contribution < -0.4 is 10.1 Å². The van der Waals surface area contributed by atoms with Gasteiger partial charge in [-0.15, -0.1) is 0 Å². The first-order valence-corrected chi connectivity index (χ1v) is 8.18. The van der Waals surface area contributed by atoms with Gasteiger partial charge in [0.2, 0.25) is 0 Å². The minimum Gasteiger partial charge on any atom is -0.479 e. The summed E-state index contributed by atoms with van der Waals surface area (Å²) >= 11 is 0. The van der Waals surface area contributed by atoms with Gasteiger partial charge in [0.15, 0.2) is 12.7 Å². The van der Waals surface area contributed by atoms with E-state index in [-0.39, 0.29) is 11.4 Å². The van der Waals surface area contributed by atoms with Gasteiger partial charge in [-0.2, -0.15) is 5.26 Å². The Morgan fingerprint density at radius 3 is 2.54 bits per heavy atom. The number of hydrogen-bond donors (Lipinski definition) is 1. The number of anilines is 1. The van der Waals surface area contributed by atoms with Crippen LogP contribution >= 0.6 is 0 Å². The van der Waals surface area contributed by atoms with Crippen LogP contribution in [0.25, 0.3) is 0 Å². The fraction of sp³-hybridized carbons (Fsp3) is 0.211. The molecule has 1 amide bonds. The first kappa shape index (κ1) is 20.4. The largest absolute Gasteiger partial charge is 0.479 e. The first-order chi connectivity index (χ1) is 13.3. The summed E-state index contributed by atoms with van der Waals surface area (Å²) < 4.78 is 10.3. The highest BCUT2D eigenvalue weighted by atomic mass is 16.6. The minimum atomic E-state index is -0.971. The van der Waals surface area contributed by atoms with E-state index in [0.717, 1.165) is 0 Å². The quantitative estimate of drug-likeness (QED) is 0.442. The van der Waals surface area contributed by atoms with Crippen molar-refractivity contribution < 1.29 is 24.0 Å². The van der Waals surface area contributed by atoms with E-state index in [0.29, 0.717) is 16.9 Å². The molecule has 0 fully saturated rings. The molecule has 28 heavy (non-hydrogen) atoms. The highest BCUT2D eigenvalue weighted by molar-refractivity contribution is 5.93. The molecule has 0 bridgehead atoms. The molecule has 2 aromatic rings. The van der Waals surface area contributed by atoms with E-state index < -0.39 is 29.5 Å². The van der Waals surface area contributed by atoms with E-state index in [2.05, 4.69) is 5.32 Å². The molecule has 0 aliphatic heterocycles. The van der Waals surface area contributed by atoms with E-state index in [1.54, 1.807) is 31.2 Å². The second-order valence-electron chi connectivity index (χ2n) is 5.81. The van der Waals surface area contributed by atoms with Crippen molar-refractivity contribution in [3.63, 3.8) is 0 Å². The molecule has 0 heterocycles. The van der Waals surface area contributed by atoms with Crippen LogP contribution in [0.1, 0.15) is 18.1 Å².